The van der Waals surface area contributed by atoms with E-state index in [2.05, 4.69) is 0 Å². The second kappa shape index (κ2) is 9.14. The van der Waals surface area contributed by atoms with Crippen LogP contribution in [0.4, 0.5) is 8.78 Å². The molecule has 1 atom stereocenters. The van der Waals surface area contributed by atoms with Crippen molar-refractivity contribution in [2.24, 2.45) is 17.6 Å². The first-order chi connectivity index (χ1) is 14.9. The molecule has 2 amide bonds. The lowest BCUT2D eigenvalue weighted by Gasteiger charge is -2.32. The summed E-state index contributed by atoms with van der Waals surface area (Å²) in [6, 6.07) is 10.5. The molecule has 2 aromatic rings. The number of benzene rings is 2. The predicted octanol–water partition coefficient (Wildman–Crippen LogP) is 4.32. The molecular weight excluding hydrogens is 402 g/mol. The number of amides is 2. The van der Waals surface area contributed by atoms with Crippen LogP contribution in [0, 0.1) is 23.5 Å². The van der Waals surface area contributed by atoms with Crippen LogP contribution in [-0.2, 0) is 16.1 Å². The van der Waals surface area contributed by atoms with Crippen LogP contribution in [0.25, 0.3) is 0 Å². The van der Waals surface area contributed by atoms with Crippen LogP contribution in [0.5, 0.6) is 0 Å². The van der Waals surface area contributed by atoms with Gasteiger partial charge in [0, 0.05) is 12.3 Å². The van der Waals surface area contributed by atoms with Gasteiger partial charge >= 0.3 is 0 Å². The molecule has 0 bridgehead atoms. The van der Waals surface area contributed by atoms with Gasteiger partial charge in [-0.1, -0.05) is 18.2 Å². The van der Waals surface area contributed by atoms with E-state index < -0.39 is 11.7 Å². The normalized spacial score (nSPS) is 23.7. The standard InChI is InChI=1S/C24H26F2N2O3/c25-19-8-6-17(7-9-19)22-11-12-31-28(22)24(30)18-4-1-15(2-5-18)13-16-3-10-21(26)20(14-16)23(27)29/h3,6-10,14-15,18,22H,1-2,4-5,11-13H2,(H2,27,29)/t15-,18-,22-/m0/s1. The van der Waals surface area contributed by atoms with Crippen molar-refractivity contribution >= 4 is 11.8 Å². The molecule has 0 unspecified atom stereocenters. The highest BCUT2D eigenvalue weighted by atomic mass is 19.1. The summed E-state index contributed by atoms with van der Waals surface area (Å²) in [5.41, 5.74) is 6.91. The first-order valence-corrected chi connectivity index (χ1v) is 10.7. The van der Waals surface area contributed by atoms with Crippen molar-refractivity contribution < 1.29 is 23.2 Å². The fourth-order valence-corrected chi connectivity index (χ4v) is 4.69. The quantitative estimate of drug-likeness (QED) is 0.771. The molecule has 1 saturated heterocycles. The van der Waals surface area contributed by atoms with Crippen LogP contribution in [-0.4, -0.2) is 23.5 Å². The van der Waals surface area contributed by atoms with Gasteiger partial charge in [0.25, 0.3) is 5.91 Å². The van der Waals surface area contributed by atoms with Crippen molar-refractivity contribution in [2.75, 3.05) is 6.61 Å². The molecule has 2 aliphatic rings. The average molecular weight is 428 g/mol. The molecule has 4 rings (SSSR count). The number of halogens is 2. The smallest absolute Gasteiger partial charge is 0.251 e. The van der Waals surface area contributed by atoms with Gasteiger partial charge in [0.2, 0.25) is 5.91 Å². The van der Waals surface area contributed by atoms with Gasteiger partial charge in [-0.15, -0.1) is 0 Å². The number of hydrogen-bond acceptors (Lipinski definition) is 3. The molecule has 2 N–H and O–H groups in total. The van der Waals surface area contributed by atoms with Crippen molar-refractivity contribution in [1.82, 2.24) is 5.06 Å². The van der Waals surface area contributed by atoms with Crippen LogP contribution >= 0.6 is 0 Å². The summed E-state index contributed by atoms with van der Waals surface area (Å²) in [6.45, 7) is 0.468. The van der Waals surface area contributed by atoms with E-state index in [9.17, 15) is 18.4 Å². The number of hydroxylamine groups is 2. The number of nitrogens with two attached hydrogens (primary N) is 1. The lowest BCUT2D eigenvalue weighted by Crippen LogP contribution is -2.36. The molecule has 2 aromatic carbocycles. The summed E-state index contributed by atoms with van der Waals surface area (Å²) in [7, 11) is 0. The number of hydrogen-bond donors (Lipinski definition) is 1. The minimum absolute atomic E-state index is 0.0110. The zero-order valence-electron chi connectivity index (χ0n) is 17.2. The van der Waals surface area contributed by atoms with Gasteiger partial charge in [0.1, 0.15) is 11.6 Å². The summed E-state index contributed by atoms with van der Waals surface area (Å²) in [6.07, 6.45) is 4.66. The third-order valence-corrected chi connectivity index (χ3v) is 6.39. The molecule has 1 aliphatic heterocycles. The van der Waals surface area contributed by atoms with Gasteiger partial charge in [-0.25, -0.2) is 13.8 Å². The third-order valence-electron chi connectivity index (χ3n) is 6.39. The summed E-state index contributed by atoms with van der Waals surface area (Å²) in [5, 5.41) is 1.48. The number of carbonyl (C=O) groups excluding carboxylic acids is 2. The van der Waals surface area contributed by atoms with E-state index in [0.717, 1.165) is 43.2 Å². The minimum Gasteiger partial charge on any atom is -0.366 e. The van der Waals surface area contributed by atoms with Crippen molar-refractivity contribution in [3.63, 3.8) is 0 Å². The van der Waals surface area contributed by atoms with Gasteiger partial charge in [-0.3, -0.25) is 14.4 Å². The second-order valence-corrected chi connectivity index (χ2v) is 8.45. The zero-order valence-corrected chi connectivity index (χ0v) is 17.2. The third kappa shape index (κ3) is 4.77. The molecule has 0 spiro atoms. The van der Waals surface area contributed by atoms with E-state index in [1.165, 1.54) is 29.3 Å². The molecule has 164 valence electrons. The highest BCUT2D eigenvalue weighted by molar-refractivity contribution is 5.93. The Morgan fingerprint density at radius 1 is 1.00 bits per heavy atom. The van der Waals surface area contributed by atoms with Crippen LogP contribution in [0.15, 0.2) is 42.5 Å². The Balaban J connectivity index is 1.35. The van der Waals surface area contributed by atoms with E-state index in [1.54, 1.807) is 18.2 Å². The van der Waals surface area contributed by atoms with Gasteiger partial charge in [0.15, 0.2) is 0 Å². The number of carbonyl (C=O) groups is 2. The minimum atomic E-state index is -0.769. The Morgan fingerprint density at radius 2 is 1.71 bits per heavy atom. The summed E-state index contributed by atoms with van der Waals surface area (Å²) >= 11 is 0. The average Bonchev–Trinajstić information content (AvgIpc) is 3.25. The van der Waals surface area contributed by atoms with Crippen LogP contribution in [0.3, 0.4) is 0 Å². The molecule has 5 nitrogen and oxygen atoms in total. The van der Waals surface area contributed by atoms with Gasteiger partial charge in [0.05, 0.1) is 18.2 Å². The fraction of sp³-hybridized carbons (Fsp3) is 0.417. The molecule has 0 radical (unpaired) electrons. The van der Waals surface area contributed by atoms with Crippen molar-refractivity contribution in [1.29, 1.82) is 0 Å². The highest BCUT2D eigenvalue weighted by Crippen LogP contribution is 2.37. The Kier molecular flexibility index (Phi) is 6.32. The molecule has 0 aromatic heterocycles. The SMILES string of the molecule is NC(=O)c1cc(C[C@H]2CC[C@H](C(=O)N3OCC[C@H]3c3ccc(F)cc3)CC2)ccc1F. The van der Waals surface area contributed by atoms with Crippen molar-refractivity contribution in [3.8, 4) is 0 Å². The highest BCUT2D eigenvalue weighted by Gasteiger charge is 2.37. The van der Waals surface area contributed by atoms with E-state index >= 15 is 0 Å². The van der Waals surface area contributed by atoms with E-state index in [4.69, 9.17) is 10.6 Å². The maximum Gasteiger partial charge on any atom is 0.251 e. The summed E-state index contributed by atoms with van der Waals surface area (Å²) in [4.78, 5) is 30.1. The topological polar surface area (TPSA) is 72.6 Å². The number of rotatable bonds is 5. The Labute approximate surface area is 180 Å². The monoisotopic (exact) mass is 428 g/mol. The molecule has 7 heteroatoms. The molecular formula is C24H26F2N2O3. The van der Waals surface area contributed by atoms with E-state index in [-0.39, 0.29) is 29.2 Å². The largest absolute Gasteiger partial charge is 0.366 e. The molecule has 31 heavy (non-hydrogen) atoms. The van der Waals surface area contributed by atoms with Gasteiger partial charge in [-0.05, 0) is 73.4 Å². The van der Waals surface area contributed by atoms with Crippen LogP contribution < -0.4 is 5.73 Å². The number of nitrogens with zero attached hydrogens (tertiary/aromatic N) is 1. The molecule has 1 aliphatic carbocycles. The Hall–Kier alpha value is -2.80. The zero-order chi connectivity index (χ0) is 22.0. The maximum absolute atomic E-state index is 13.7. The van der Waals surface area contributed by atoms with Crippen molar-refractivity contribution in [2.45, 2.75) is 44.6 Å². The van der Waals surface area contributed by atoms with E-state index in [0.29, 0.717) is 18.9 Å². The summed E-state index contributed by atoms with van der Waals surface area (Å²) < 4.78 is 26.9. The fourth-order valence-electron chi connectivity index (χ4n) is 4.69. The van der Waals surface area contributed by atoms with Gasteiger partial charge in [-0.2, -0.15) is 0 Å². The maximum atomic E-state index is 13.7. The van der Waals surface area contributed by atoms with Crippen molar-refractivity contribution in [3.05, 3.63) is 70.8 Å². The first-order valence-electron chi connectivity index (χ1n) is 10.7. The molecule has 1 saturated carbocycles. The second-order valence-electron chi connectivity index (χ2n) is 8.45. The van der Waals surface area contributed by atoms with Crippen LogP contribution in [0.2, 0.25) is 0 Å². The van der Waals surface area contributed by atoms with Crippen LogP contribution in [0.1, 0.15) is 59.6 Å². The van der Waals surface area contributed by atoms with Gasteiger partial charge < -0.3 is 5.73 Å². The lowest BCUT2D eigenvalue weighted by molar-refractivity contribution is -0.183. The Bertz CT molecular complexity index is 956. The lowest BCUT2D eigenvalue weighted by atomic mass is 9.78. The Morgan fingerprint density at radius 3 is 2.39 bits per heavy atom. The first kappa shape index (κ1) is 21.4. The molecule has 2 fully saturated rings. The van der Waals surface area contributed by atoms with E-state index in [1.807, 2.05) is 0 Å². The number of primary amides is 1. The predicted molar refractivity (Wildman–Crippen MR) is 111 cm³/mol. The summed E-state index contributed by atoms with van der Waals surface area (Å²) in [5.74, 6) is -1.43. The molecule has 1 heterocycles.